The van der Waals surface area contributed by atoms with E-state index >= 15 is 0 Å². The summed E-state index contributed by atoms with van der Waals surface area (Å²) in [5.41, 5.74) is 13.3. The lowest BCUT2D eigenvalue weighted by Gasteiger charge is -2.35. The topological polar surface area (TPSA) is 95.4 Å². The van der Waals surface area contributed by atoms with E-state index in [1.165, 1.54) is 18.3 Å². The minimum atomic E-state index is -0.524. The van der Waals surface area contributed by atoms with E-state index in [4.69, 9.17) is 28.2 Å². The molecule has 0 spiro atoms. The third kappa shape index (κ3) is 6.01. The van der Waals surface area contributed by atoms with Crippen molar-refractivity contribution in [2.75, 3.05) is 36.4 Å². The van der Waals surface area contributed by atoms with Crippen LogP contribution in [0.15, 0.2) is 59.3 Å². The highest BCUT2D eigenvalue weighted by atomic mass is 35.5. The summed E-state index contributed by atoms with van der Waals surface area (Å²) < 4.78 is 13.9. The summed E-state index contributed by atoms with van der Waals surface area (Å²) in [5.74, 6) is -0.524. The Labute approximate surface area is 269 Å². The fraction of sp³-hybridized carbons (Fsp3) is 0.323. The van der Waals surface area contributed by atoms with Crippen molar-refractivity contribution < 1.29 is 4.39 Å². The Hall–Kier alpha value is -3.66. The number of likely N-dealkylation sites (tertiary alicyclic amines) is 1. The standard InChI is InChI=1S/C31H32Cl2FN9S/c1-3-41-9-7-21(8-10-41)43-16-27(39-40-43)31(28-17-44-18-37-28)42(4-2)22-12-23-29(38-20-5-6-26(34)24(32)11-20)19(14-35)15-36-30(23)25(33)13-22/h5-6,11-13,15-18,21,31,39-40H,3-4,7-10H2,1-2H3,(H,36,38)/t31-/m1/s1. The molecule has 4 heterocycles. The third-order valence-electron chi connectivity index (χ3n) is 8.23. The van der Waals surface area contributed by atoms with Crippen LogP contribution in [0.5, 0.6) is 0 Å². The van der Waals surface area contributed by atoms with E-state index in [0.717, 1.165) is 49.6 Å². The normalized spacial score (nSPS) is 16.5. The number of thiazole rings is 1. The minimum Gasteiger partial charge on any atom is -0.358 e. The largest absolute Gasteiger partial charge is 0.358 e. The van der Waals surface area contributed by atoms with E-state index in [9.17, 15) is 9.65 Å². The van der Waals surface area contributed by atoms with Gasteiger partial charge in [0.2, 0.25) is 0 Å². The molecule has 6 rings (SSSR count). The van der Waals surface area contributed by atoms with E-state index in [0.29, 0.717) is 45.5 Å². The molecule has 1 atom stereocenters. The maximum absolute atomic E-state index is 13.9. The van der Waals surface area contributed by atoms with Gasteiger partial charge in [0.15, 0.2) is 0 Å². The van der Waals surface area contributed by atoms with Crippen molar-refractivity contribution >= 4 is 62.5 Å². The Morgan fingerprint density at radius 3 is 2.68 bits per heavy atom. The molecule has 3 N–H and O–H groups in total. The molecule has 0 radical (unpaired) electrons. The van der Waals surface area contributed by atoms with Crippen LogP contribution in [0.3, 0.4) is 0 Å². The van der Waals surface area contributed by atoms with Gasteiger partial charge >= 0.3 is 0 Å². The zero-order chi connectivity index (χ0) is 30.8. The summed E-state index contributed by atoms with van der Waals surface area (Å²) in [5, 5.41) is 18.5. The van der Waals surface area contributed by atoms with Crippen molar-refractivity contribution in [3.05, 3.63) is 86.4 Å². The number of aromatic nitrogens is 2. The van der Waals surface area contributed by atoms with Gasteiger partial charge in [0, 0.05) is 60.2 Å². The number of hydrogen-bond donors (Lipinski definition) is 3. The maximum Gasteiger partial charge on any atom is 0.141 e. The van der Waals surface area contributed by atoms with Crippen LogP contribution >= 0.6 is 34.5 Å². The van der Waals surface area contributed by atoms with Gasteiger partial charge in [0.05, 0.1) is 43.7 Å². The van der Waals surface area contributed by atoms with Crippen LogP contribution in [-0.2, 0) is 0 Å². The Bertz CT molecular complexity index is 1720. The number of rotatable bonds is 9. The van der Waals surface area contributed by atoms with Gasteiger partial charge in [0.1, 0.15) is 17.9 Å². The van der Waals surface area contributed by atoms with Crippen molar-refractivity contribution in [1.29, 1.82) is 5.26 Å². The van der Waals surface area contributed by atoms with Gasteiger partial charge in [-0.1, -0.05) is 30.1 Å². The molecule has 2 aliphatic rings. The van der Waals surface area contributed by atoms with Crippen molar-refractivity contribution in [1.82, 2.24) is 30.8 Å². The average molecular weight is 653 g/mol. The predicted molar refractivity (Wildman–Crippen MR) is 175 cm³/mol. The lowest BCUT2D eigenvalue weighted by Crippen LogP contribution is -2.48. The number of nitrogens with zero attached hydrogens (tertiary/aromatic N) is 6. The minimum absolute atomic E-state index is 0.0234. The molecule has 44 heavy (non-hydrogen) atoms. The van der Waals surface area contributed by atoms with Gasteiger partial charge in [-0.15, -0.1) is 16.9 Å². The number of nitrogens with one attached hydrogen (secondary N) is 3. The van der Waals surface area contributed by atoms with E-state index in [1.807, 2.05) is 17.6 Å². The third-order valence-corrected chi connectivity index (χ3v) is 9.42. The molecule has 0 bridgehead atoms. The molecule has 2 aromatic carbocycles. The van der Waals surface area contributed by atoms with Gasteiger partial charge in [-0.05, 0) is 56.6 Å². The van der Waals surface area contributed by atoms with Crippen molar-refractivity contribution in [2.45, 2.75) is 38.8 Å². The summed E-state index contributed by atoms with van der Waals surface area (Å²) in [4.78, 5) is 13.9. The number of fused-ring (bicyclic) bond motifs is 1. The van der Waals surface area contributed by atoms with E-state index in [2.05, 4.69) is 67.6 Å². The van der Waals surface area contributed by atoms with Gasteiger partial charge in [0.25, 0.3) is 0 Å². The Morgan fingerprint density at radius 2 is 2.00 bits per heavy atom. The summed E-state index contributed by atoms with van der Waals surface area (Å²) in [6.45, 7) is 8.16. The van der Waals surface area contributed by atoms with Crippen molar-refractivity contribution in [3.8, 4) is 6.07 Å². The Balaban J connectivity index is 1.40. The van der Waals surface area contributed by atoms with Gasteiger partial charge < -0.3 is 20.5 Å². The number of benzene rings is 2. The number of piperidine rings is 1. The molecule has 0 saturated carbocycles. The fourth-order valence-corrected chi connectivity index (χ4v) is 6.92. The van der Waals surface area contributed by atoms with Crippen LogP contribution in [-0.4, -0.2) is 52.1 Å². The van der Waals surface area contributed by atoms with E-state index < -0.39 is 5.82 Å². The molecule has 4 aromatic rings. The molecule has 9 nitrogen and oxygen atoms in total. The zero-order valence-electron chi connectivity index (χ0n) is 24.3. The summed E-state index contributed by atoms with van der Waals surface area (Å²) in [6.07, 6.45) is 5.79. The lowest BCUT2D eigenvalue weighted by molar-refractivity contribution is 0.112. The summed E-state index contributed by atoms with van der Waals surface area (Å²) in [6, 6.07) is 10.6. The molecular weight excluding hydrogens is 620 g/mol. The quantitative estimate of drug-likeness (QED) is 0.177. The molecule has 228 valence electrons. The van der Waals surface area contributed by atoms with Crippen LogP contribution < -0.4 is 21.2 Å². The number of likely N-dealkylation sites (N-methyl/N-ethyl adjacent to an activating group) is 1. The number of hydrogen-bond acceptors (Lipinski definition) is 10. The van der Waals surface area contributed by atoms with Gasteiger partial charge in [-0.3, -0.25) is 9.99 Å². The highest BCUT2D eigenvalue weighted by Gasteiger charge is 2.32. The molecule has 13 heteroatoms. The SMILES string of the molecule is CCN1CCC(N2C=C([C@H](c3cscn3)N(CC)c3cc(Cl)c4ncc(C#N)c(Nc5ccc(F)c(Cl)c5)c4c3)NN2)CC1. The maximum atomic E-state index is 13.9. The Morgan fingerprint density at radius 1 is 1.18 bits per heavy atom. The predicted octanol–water partition coefficient (Wildman–Crippen LogP) is 6.97. The molecular formula is C31H32Cl2FN9S. The summed E-state index contributed by atoms with van der Waals surface area (Å²) in [7, 11) is 0. The number of nitriles is 1. The number of anilines is 3. The zero-order valence-corrected chi connectivity index (χ0v) is 26.6. The van der Waals surface area contributed by atoms with Crippen LogP contribution in [0, 0.1) is 17.1 Å². The van der Waals surface area contributed by atoms with Crippen molar-refractivity contribution in [3.63, 3.8) is 0 Å². The van der Waals surface area contributed by atoms with E-state index in [1.54, 1.807) is 17.4 Å². The monoisotopic (exact) mass is 651 g/mol. The number of halogens is 3. The van der Waals surface area contributed by atoms with Crippen LogP contribution in [0.1, 0.15) is 44.0 Å². The molecule has 1 saturated heterocycles. The Kier molecular flexibility index (Phi) is 9.07. The van der Waals surface area contributed by atoms with Gasteiger partial charge in [-0.25, -0.2) is 9.37 Å². The first-order valence-corrected chi connectivity index (χ1v) is 16.2. The molecule has 0 aliphatic carbocycles. The van der Waals surface area contributed by atoms with Crippen molar-refractivity contribution in [2.24, 2.45) is 0 Å². The van der Waals surface area contributed by atoms with Gasteiger partial charge in [-0.2, -0.15) is 5.26 Å². The molecule has 1 fully saturated rings. The molecule has 0 amide bonds. The number of hydrazine groups is 2. The second-order valence-corrected chi connectivity index (χ2v) is 12.3. The highest BCUT2D eigenvalue weighted by Crippen LogP contribution is 2.40. The summed E-state index contributed by atoms with van der Waals surface area (Å²) >= 11 is 14.5. The first-order chi connectivity index (χ1) is 21.4. The fourth-order valence-electron chi connectivity index (χ4n) is 5.90. The van der Waals surface area contributed by atoms with Crippen LogP contribution in [0.4, 0.5) is 21.5 Å². The van der Waals surface area contributed by atoms with Crippen LogP contribution in [0.25, 0.3) is 10.9 Å². The highest BCUT2D eigenvalue weighted by molar-refractivity contribution is 7.07. The lowest BCUT2D eigenvalue weighted by atomic mass is 10.0. The molecule has 0 unspecified atom stereocenters. The van der Waals surface area contributed by atoms with E-state index in [-0.39, 0.29) is 11.1 Å². The number of pyridine rings is 1. The molecule has 2 aromatic heterocycles. The second-order valence-electron chi connectivity index (χ2n) is 10.7. The van der Waals surface area contributed by atoms with Crippen LogP contribution in [0.2, 0.25) is 10.0 Å². The molecule has 2 aliphatic heterocycles. The average Bonchev–Trinajstić information content (AvgIpc) is 3.75. The first kappa shape index (κ1) is 30.4. The smallest absolute Gasteiger partial charge is 0.141 e. The first-order valence-electron chi connectivity index (χ1n) is 14.5. The second kappa shape index (κ2) is 13.1.